The number of hydrazine groups is 1. The van der Waals surface area contributed by atoms with Crippen LogP contribution in [0.25, 0.3) is 0 Å². The van der Waals surface area contributed by atoms with Crippen LogP contribution >= 0.6 is 0 Å². The smallest absolute Gasteiger partial charge is 0.238 e. The highest BCUT2D eigenvalue weighted by molar-refractivity contribution is 5.78. The fourth-order valence-corrected chi connectivity index (χ4v) is 1.80. The van der Waals surface area contributed by atoms with Gasteiger partial charge in [-0.25, -0.2) is 5.01 Å². The Labute approximate surface area is 97.3 Å². The second-order valence-electron chi connectivity index (χ2n) is 4.64. The van der Waals surface area contributed by atoms with Crippen molar-refractivity contribution in [1.29, 1.82) is 0 Å². The normalized spacial score (nSPS) is 19.8. The molecule has 1 unspecified atom stereocenters. The lowest BCUT2D eigenvalue weighted by molar-refractivity contribution is -0.132. The van der Waals surface area contributed by atoms with Crippen LogP contribution in [-0.2, 0) is 9.53 Å². The Kier molecular flexibility index (Phi) is 5.73. The molecule has 1 amide bonds. The van der Waals surface area contributed by atoms with Gasteiger partial charge < -0.3 is 10.5 Å². The zero-order chi connectivity index (χ0) is 12.0. The average molecular weight is 229 g/mol. The quantitative estimate of drug-likeness (QED) is 0.695. The maximum atomic E-state index is 11.9. The molecule has 1 saturated heterocycles. The highest BCUT2D eigenvalue weighted by Gasteiger charge is 2.21. The number of carbonyl (C=O) groups is 1. The van der Waals surface area contributed by atoms with Gasteiger partial charge in [0.25, 0.3) is 0 Å². The van der Waals surface area contributed by atoms with Crippen molar-refractivity contribution in [3.63, 3.8) is 0 Å². The van der Waals surface area contributed by atoms with Crippen LogP contribution in [0.2, 0.25) is 0 Å². The molecule has 1 heterocycles. The summed E-state index contributed by atoms with van der Waals surface area (Å²) in [5.41, 5.74) is 8.53. The zero-order valence-electron chi connectivity index (χ0n) is 10.2. The molecule has 3 N–H and O–H groups in total. The van der Waals surface area contributed by atoms with Gasteiger partial charge in [-0.2, -0.15) is 0 Å². The van der Waals surface area contributed by atoms with E-state index in [2.05, 4.69) is 19.3 Å². The Hall–Kier alpha value is -0.650. The molecular weight excluding hydrogens is 206 g/mol. The van der Waals surface area contributed by atoms with Crippen molar-refractivity contribution in [2.24, 2.45) is 17.6 Å². The Morgan fingerprint density at radius 3 is 2.56 bits per heavy atom. The highest BCUT2D eigenvalue weighted by atomic mass is 16.5. The topological polar surface area (TPSA) is 67.6 Å². The number of nitrogens with two attached hydrogens (primary N) is 1. The third kappa shape index (κ3) is 4.47. The molecule has 0 aliphatic carbocycles. The van der Waals surface area contributed by atoms with Gasteiger partial charge in [-0.05, 0) is 12.3 Å². The first-order chi connectivity index (χ1) is 7.63. The van der Waals surface area contributed by atoms with Crippen molar-refractivity contribution in [2.45, 2.75) is 20.3 Å². The predicted octanol–water partition coefficient (Wildman–Crippen LogP) is -0.0292. The summed E-state index contributed by atoms with van der Waals surface area (Å²) in [6.45, 7) is 7.48. The standard InChI is InChI=1S/C11H23N3O2/c1-9(2)7-10(8-12)11(15)13-14-3-5-16-6-4-14/h9-10H,3-8,12H2,1-2H3,(H,13,15). The number of morpholine rings is 1. The van der Waals surface area contributed by atoms with E-state index in [-0.39, 0.29) is 11.8 Å². The second kappa shape index (κ2) is 6.83. The summed E-state index contributed by atoms with van der Waals surface area (Å²) in [6.07, 6.45) is 0.840. The van der Waals surface area contributed by atoms with E-state index in [4.69, 9.17) is 10.5 Å². The van der Waals surface area contributed by atoms with Gasteiger partial charge in [0.15, 0.2) is 0 Å². The van der Waals surface area contributed by atoms with E-state index >= 15 is 0 Å². The van der Waals surface area contributed by atoms with E-state index in [9.17, 15) is 4.79 Å². The minimum Gasteiger partial charge on any atom is -0.379 e. The molecule has 1 aliphatic heterocycles. The third-order valence-corrected chi connectivity index (χ3v) is 2.69. The van der Waals surface area contributed by atoms with Crippen LogP contribution in [0, 0.1) is 11.8 Å². The van der Waals surface area contributed by atoms with Crippen LogP contribution in [0.5, 0.6) is 0 Å². The van der Waals surface area contributed by atoms with Crippen LogP contribution in [0.4, 0.5) is 0 Å². The molecule has 1 rings (SSSR count). The maximum absolute atomic E-state index is 11.9. The van der Waals surface area contributed by atoms with Crippen LogP contribution in [0.3, 0.4) is 0 Å². The third-order valence-electron chi connectivity index (χ3n) is 2.69. The lowest BCUT2D eigenvalue weighted by atomic mass is 9.97. The number of hydrogen-bond donors (Lipinski definition) is 2. The highest BCUT2D eigenvalue weighted by Crippen LogP contribution is 2.10. The van der Waals surface area contributed by atoms with Crippen molar-refractivity contribution in [3.8, 4) is 0 Å². The minimum absolute atomic E-state index is 0.0399. The molecule has 1 aliphatic rings. The molecule has 5 nitrogen and oxygen atoms in total. The molecule has 0 spiro atoms. The zero-order valence-corrected chi connectivity index (χ0v) is 10.2. The van der Waals surface area contributed by atoms with Crippen molar-refractivity contribution in [3.05, 3.63) is 0 Å². The summed E-state index contributed by atoms with van der Waals surface area (Å²) in [6, 6.07) is 0. The van der Waals surface area contributed by atoms with E-state index in [1.807, 2.05) is 5.01 Å². The van der Waals surface area contributed by atoms with E-state index in [1.54, 1.807) is 0 Å². The summed E-state index contributed by atoms with van der Waals surface area (Å²) in [5, 5.41) is 1.91. The van der Waals surface area contributed by atoms with E-state index in [1.165, 1.54) is 0 Å². The molecule has 0 radical (unpaired) electrons. The van der Waals surface area contributed by atoms with Gasteiger partial charge in [-0.15, -0.1) is 0 Å². The van der Waals surface area contributed by atoms with E-state index < -0.39 is 0 Å². The first kappa shape index (κ1) is 13.4. The number of nitrogens with zero attached hydrogens (tertiary/aromatic N) is 1. The van der Waals surface area contributed by atoms with Crippen LogP contribution in [0.15, 0.2) is 0 Å². The summed E-state index contributed by atoms with van der Waals surface area (Å²) in [7, 11) is 0. The van der Waals surface area contributed by atoms with Gasteiger partial charge in [0.2, 0.25) is 5.91 Å². The molecule has 0 aromatic rings. The summed E-state index contributed by atoms with van der Waals surface area (Å²) in [4.78, 5) is 11.9. The monoisotopic (exact) mass is 229 g/mol. The molecule has 0 bridgehead atoms. The Balaban J connectivity index is 2.35. The number of hydrogen-bond acceptors (Lipinski definition) is 4. The number of carbonyl (C=O) groups excluding carboxylic acids is 1. The van der Waals surface area contributed by atoms with Gasteiger partial charge in [-0.3, -0.25) is 10.2 Å². The SMILES string of the molecule is CC(C)CC(CN)C(=O)NN1CCOCC1. The van der Waals surface area contributed by atoms with Crippen molar-refractivity contribution < 1.29 is 9.53 Å². The molecular formula is C11H23N3O2. The van der Waals surface area contributed by atoms with Crippen molar-refractivity contribution in [1.82, 2.24) is 10.4 Å². The number of amides is 1. The van der Waals surface area contributed by atoms with E-state index in [0.29, 0.717) is 25.7 Å². The fraction of sp³-hybridized carbons (Fsp3) is 0.909. The largest absolute Gasteiger partial charge is 0.379 e. The minimum atomic E-state index is -0.0807. The molecule has 0 saturated carbocycles. The second-order valence-corrected chi connectivity index (χ2v) is 4.64. The van der Waals surface area contributed by atoms with Gasteiger partial charge in [-0.1, -0.05) is 13.8 Å². The molecule has 1 fully saturated rings. The van der Waals surface area contributed by atoms with E-state index in [0.717, 1.165) is 19.5 Å². The van der Waals surface area contributed by atoms with Gasteiger partial charge in [0, 0.05) is 19.6 Å². The van der Waals surface area contributed by atoms with Gasteiger partial charge >= 0.3 is 0 Å². The lowest BCUT2D eigenvalue weighted by Gasteiger charge is -2.29. The Morgan fingerprint density at radius 1 is 1.44 bits per heavy atom. The first-order valence-corrected chi connectivity index (χ1v) is 5.96. The molecule has 16 heavy (non-hydrogen) atoms. The fourth-order valence-electron chi connectivity index (χ4n) is 1.80. The molecule has 0 aromatic carbocycles. The maximum Gasteiger partial charge on any atom is 0.238 e. The van der Waals surface area contributed by atoms with Crippen molar-refractivity contribution >= 4 is 5.91 Å². The molecule has 5 heteroatoms. The molecule has 94 valence electrons. The van der Waals surface area contributed by atoms with Crippen LogP contribution in [0.1, 0.15) is 20.3 Å². The Morgan fingerprint density at radius 2 is 2.06 bits per heavy atom. The van der Waals surface area contributed by atoms with Crippen molar-refractivity contribution in [2.75, 3.05) is 32.8 Å². The predicted molar refractivity (Wildman–Crippen MR) is 62.5 cm³/mol. The average Bonchev–Trinajstić information content (AvgIpc) is 2.26. The lowest BCUT2D eigenvalue weighted by Crippen LogP contribution is -2.51. The molecule has 0 aromatic heterocycles. The number of rotatable bonds is 5. The van der Waals surface area contributed by atoms with Gasteiger partial charge in [0.05, 0.1) is 19.1 Å². The summed E-state index contributed by atoms with van der Waals surface area (Å²) < 4.78 is 5.21. The van der Waals surface area contributed by atoms with Crippen LogP contribution in [-0.4, -0.2) is 43.8 Å². The Bertz CT molecular complexity index is 215. The summed E-state index contributed by atoms with van der Waals surface area (Å²) in [5.74, 6) is 0.449. The van der Waals surface area contributed by atoms with Gasteiger partial charge in [0.1, 0.15) is 0 Å². The summed E-state index contributed by atoms with van der Waals surface area (Å²) >= 11 is 0. The number of ether oxygens (including phenoxy) is 1. The molecule has 1 atom stereocenters. The first-order valence-electron chi connectivity index (χ1n) is 5.96. The van der Waals surface area contributed by atoms with Crippen LogP contribution < -0.4 is 11.2 Å². The number of nitrogens with one attached hydrogen (secondary N) is 1.